The molecule has 12 atom stereocenters. The number of aliphatic hydroxyl groups is 1. The molecule has 0 spiro atoms. The quantitative estimate of drug-likeness (QED) is 0.0509. The number of phenols is 1. The van der Waals surface area contributed by atoms with Crippen LogP contribution in [0.4, 0.5) is 11.4 Å². The number of rotatable bonds is 21. The predicted molar refractivity (Wildman–Crippen MR) is 403 cm³/mol. The second-order valence-electron chi connectivity index (χ2n) is 30.0. The Kier molecular flexibility index (Phi) is 23.6. The Hall–Kier alpha value is -7.68. The van der Waals surface area contributed by atoms with Crippen LogP contribution in [0.1, 0.15) is 186 Å². The first kappa shape index (κ1) is 75.0. The molecule has 5 aliphatic heterocycles. The summed E-state index contributed by atoms with van der Waals surface area (Å²) in [5.74, 6) is 1.37. The van der Waals surface area contributed by atoms with Gasteiger partial charge in [0.1, 0.15) is 33.5 Å². The van der Waals surface area contributed by atoms with Gasteiger partial charge in [0.25, 0.3) is 0 Å². The molecular formula is C86H103N2O14S-. The molecule has 0 aromatic heterocycles. The normalized spacial score (nSPS) is 26.1. The summed E-state index contributed by atoms with van der Waals surface area (Å²) in [6.07, 6.45) is 14.9. The highest BCUT2D eigenvalue weighted by atomic mass is 32.2. The number of fused-ring (bicyclic) bond motifs is 6. The van der Waals surface area contributed by atoms with E-state index < -0.39 is 41.2 Å². The van der Waals surface area contributed by atoms with Gasteiger partial charge in [-0.15, -0.1) is 0 Å². The lowest BCUT2D eigenvalue weighted by Gasteiger charge is -2.42. The molecule has 13 rings (SSSR count). The fourth-order valence-corrected chi connectivity index (χ4v) is 17.0. The van der Waals surface area contributed by atoms with Gasteiger partial charge in [-0.25, -0.2) is 8.42 Å². The number of ether oxygens (including phenoxy) is 8. The Morgan fingerprint density at radius 1 is 0.689 bits per heavy atom. The van der Waals surface area contributed by atoms with E-state index in [-0.39, 0.29) is 70.1 Å². The maximum atomic E-state index is 11.8. The summed E-state index contributed by atoms with van der Waals surface area (Å²) in [7, 11) is 0.164. The summed E-state index contributed by atoms with van der Waals surface area (Å²) < 4.78 is 84.6. The molecule has 103 heavy (non-hydrogen) atoms. The number of aryl methyl sites for hydroxylation is 1. The van der Waals surface area contributed by atoms with E-state index in [1.807, 2.05) is 19.9 Å². The van der Waals surface area contributed by atoms with E-state index in [0.717, 1.165) is 73.2 Å². The molecule has 5 heterocycles. The number of phenolic OH excluding ortho intramolecular Hbond substituents is 1. The molecule has 0 bridgehead atoms. The zero-order valence-electron chi connectivity index (χ0n) is 61.6. The standard InChI is InChI=1S/C79H96N2O11.C7H8O3S/c1-11-21-72-86-62(46-63(87-72)48-65-45-61(43-57(84)42-58(12-2)85-49(4)82)90-76(92-65)54-26-19-28-56(83)40-54)47-64-44-59(13-3)89-77(91-64)55-27-20-29-60(41-55)88-75-52(34-38-70-78(5,6)73-66-30-16-14-22-50(66)32-36-68(73)80(70)9)24-18-25-53(75)35-39-71-79(7,8)74-67-31-17-15-23-51(67)33-37-69(74)81(71)10;1-6-2-4-7(5-3-6)11(8,9)10/h14-17,19-20,22-23,26-41,57-59,61-65,70,72,76-77,83-84H,11-13,18,21,24-25,42-48H2,1-10H3;2-5H,1H3,(H,8,9,10)/p-1/b38-34+,53-35+,71-39+;. The smallest absolute Gasteiger partial charge is 0.302 e. The number of aromatic hydroxyl groups is 1. The number of esters is 1. The van der Waals surface area contributed by atoms with Gasteiger partial charge >= 0.3 is 5.97 Å². The minimum atomic E-state index is -4.27. The first-order valence-corrected chi connectivity index (χ1v) is 38.5. The molecule has 3 saturated heterocycles. The van der Waals surface area contributed by atoms with E-state index in [1.165, 1.54) is 74.4 Å². The number of nitrogens with zero attached hydrogens (tertiary/aromatic N) is 2. The van der Waals surface area contributed by atoms with Crippen LogP contribution in [0, 0.1) is 6.92 Å². The van der Waals surface area contributed by atoms with Gasteiger partial charge in [0, 0.05) is 98.6 Å². The average molecular weight is 1420 g/mol. The number of hydrogen-bond acceptors (Lipinski definition) is 16. The first-order chi connectivity index (χ1) is 49.4. The molecule has 12 unspecified atom stereocenters. The van der Waals surface area contributed by atoms with Crippen molar-refractivity contribution in [3.8, 4) is 11.5 Å². The van der Waals surface area contributed by atoms with Crippen molar-refractivity contribution in [3.63, 3.8) is 0 Å². The van der Waals surface area contributed by atoms with Gasteiger partial charge < -0.3 is 62.5 Å². The third kappa shape index (κ3) is 17.3. The molecule has 2 N–H and O–H groups in total. The zero-order valence-corrected chi connectivity index (χ0v) is 62.4. The van der Waals surface area contributed by atoms with Gasteiger partial charge in [-0.05, 0) is 150 Å². The number of hydrogen-bond donors (Lipinski definition) is 2. The molecule has 1 aliphatic carbocycles. The molecule has 3 fully saturated rings. The van der Waals surface area contributed by atoms with Crippen molar-refractivity contribution in [1.29, 1.82) is 0 Å². The van der Waals surface area contributed by atoms with Crippen LogP contribution in [0.25, 0.3) is 21.5 Å². The summed E-state index contributed by atoms with van der Waals surface area (Å²) in [5.41, 5.74) is 10.9. The van der Waals surface area contributed by atoms with Crippen LogP contribution in [0.3, 0.4) is 0 Å². The molecule has 16 nitrogen and oxygen atoms in total. The van der Waals surface area contributed by atoms with Crippen molar-refractivity contribution in [2.24, 2.45) is 0 Å². The molecule has 0 radical (unpaired) electrons. The van der Waals surface area contributed by atoms with Crippen LogP contribution in [0.2, 0.25) is 0 Å². The molecule has 7 aromatic carbocycles. The maximum Gasteiger partial charge on any atom is 0.302 e. The van der Waals surface area contributed by atoms with Crippen LogP contribution in [0.5, 0.6) is 11.5 Å². The Balaban J connectivity index is 0.000000832. The van der Waals surface area contributed by atoms with E-state index in [1.54, 1.807) is 30.3 Å². The van der Waals surface area contributed by atoms with E-state index >= 15 is 0 Å². The van der Waals surface area contributed by atoms with Gasteiger partial charge in [-0.1, -0.05) is 176 Å². The van der Waals surface area contributed by atoms with Gasteiger partial charge in [0.15, 0.2) is 18.9 Å². The molecule has 7 aromatic rings. The number of benzene rings is 7. The summed E-state index contributed by atoms with van der Waals surface area (Å²) in [6.45, 7) is 19.0. The molecule has 548 valence electrons. The van der Waals surface area contributed by atoms with Crippen LogP contribution in [-0.4, -0.2) is 104 Å². The lowest BCUT2D eigenvalue weighted by molar-refractivity contribution is -0.287. The maximum absolute atomic E-state index is 11.8. The van der Waals surface area contributed by atoms with Crippen LogP contribution >= 0.6 is 0 Å². The lowest BCUT2D eigenvalue weighted by atomic mass is 9.78. The Morgan fingerprint density at radius 3 is 1.91 bits per heavy atom. The zero-order chi connectivity index (χ0) is 72.9. The Labute approximate surface area is 609 Å². The van der Waals surface area contributed by atoms with E-state index in [4.69, 9.17) is 37.9 Å². The highest BCUT2D eigenvalue weighted by molar-refractivity contribution is 7.85. The van der Waals surface area contributed by atoms with Crippen LogP contribution in [0.15, 0.2) is 197 Å². The molecule has 6 aliphatic rings. The van der Waals surface area contributed by atoms with Crippen LogP contribution in [-0.2, 0) is 58.9 Å². The molecular weight excluding hydrogens is 1320 g/mol. The minimum Gasteiger partial charge on any atom is -0.744 e. The highest BCUT2D eigenvalue weighted by Gasteiger charge is 2.45. The number of carbonyl (C=O) groups excluding carboxylic acids is 1. The highest BCUT2D eigenvalue weighted by Crippen LogP contribution is 2.52. The average Bonchev–Trinajstić information content (AvgIpc) is 1.58. The van der Waals surface area contributed by atoms with Gasteiger partial charge in [-0.3, -0.25) is 4.79 Å². The fraction of sp³-hybridized carbons (Fsp3) is 0.453. The predicted octanol–water partition coefficient (Wildman–Crippen LogP) is 18.0. The van der Waals surface area contributed by atoms with Crippen LogP contribution < -0.4 is 14.5 Å². The number of likely N-dealkylation sites (N-methyl/N-ethyl adjacent to an activating group) is 2. The SMILES string of the molecule is CCCC1OC(CC2CC(CC)OC(c3cccc(OC4=C(/C=C/C5N(C)c6ccc7ccccc7c6C5(C)C)CCC/C4=C\C=C4\N(C)c5ccc6ccccc6c5C4(C)C)c3)O2)CC(CC2CC(CC(O)CC(CC)OC(C)=O)OC(c3cccc(O)c3)O2)O1.Cc1ccc(S(=O)(=O)[O-])cc1. The third-order valence-electron chi connectivity index (χ3n) is 21.6. The van der Waals surface area contributed by atoms with Crippen molar-refractivity contribution >= 4 is 49.0 Å². The number of allylic oxidation sites excluding steroid dienone is 6. The summed E-state index contributed by atoms with van der Waals surface area (Å²) >= 11 is 0. The van der Waals surface area contributed by atoms with E-state index in [2.05, 4.69) is 187 Å². The minimum absolute atomic E-state index is 0.0335. The number of aliphatic hydroxyl groups excluding tert-OH is 1. The number of carbonyl (C=O) groups is 1. The Morgan fingerprint density at radius 2 is 1.28 bits per heavy atom. The lowest BCUT2D eigenvalue weighted by Crippen LogP contribution is -2.44. The topological polar surface area (TPSA) is 195 Å². The molecule has 17 heteroatoms. The van der Waals surface area contributed by atoms with Crippen molar-refractivity contribution in [1.82, 2.24) is 0 Å². The van der Waals surface area contributed by atoms with Crippen molar-refractivity contribution in [3.05, 3.63) is 220 Å². The van der Waals surface area contributed by atoms with Crippen molar-refractivity contribution < 1.29 is 65.9 Å². The first-order valence-electron chi connectivity index (χ1n) is 37.1. The summed E-state index contributed by atoms with van der Waals surface area (Å²) in [5, 5.41) is 26.9. The molecule has 0 amide bonds. The second kappa shape index (κ2) is 32.4. The summed E-state index contributed by atoms with van der Waals surface area (Å²) in [6, 6.07) is 47.7. The number of anilines is 2. The fourth-order valence-electron chi connectivity index (χ4n) is 16.5. The Bertz CT molecular complexity index is 4390. The monoisotopic (exact) mass is 1420 g/mol. The van der Waals surface area contributed by atoms with E-state index in [0.29, 0.717) is 50.5 Å². The summed E-state index contributed by atoms with van der Waals surface area (Å²) in [4.78, 5) is 16.5. The van der Waals surface area contributed by atoms with E-state index in [9.17, 15) is 28.0 Å². The van der Waals surface area contributed by atoms with Gasteiger partial charge in [-0.2, -0.15) is 0 Å². The largest absolute Gasteiger partial charge is 0.744 e. The third-order valence-corrected chi connectivity index (χ3v) is 22.5. The second-order valence-corrected chi connectivity index (χ2v) is 31.3. The van der Waals surface area contributed by atoms with Gasteiger partial charge in [0.2, 0.25) is 0 Å². The molecule has 0 saturated carbocycles. The van der Waals surface area contributed by atoms with Crippen molar-refractivity contribution in [2.45, 2.75) is 242 Å². The van der Waals surface area contributed by atoms with Crippen molar-refractivity contribution in [2.75, 3.05) is 23.9 Å². The van der Waals surface area contributed by atoms with Gasteiger partial charge in [0.05, 0.1) is 53.7 Å².